The van der Waals surface area contributed by atoms with Crippen molar-refractivity contribution in [2.45, 2.75) is 43.0 Å². The van der Waals surface area contributed by atoms with Crippen LogP contribution in [0.15, 0.2) is 82.6 Å². The lowest BCUT2D eigenvalue weighted by atomic mass is 10.0. The van der Waals surface area contributed by atoms with E-state index in [1.165, 1.54) is 43.3 Å². The zero-order valence-corrected chi connectivity index (χ0v) is 25.5. The van der Waals surface area contributed by atoms with Crippen LogP contribution in [0.1, 0.15) is 37.6 Å². The van der Waals surface area contributed by atoms with Gasteiger partial charge >= 0.3 is 0 Å². The Hall–Kier alpha value is -4.43. The quantitative estimate of drug-likeness (QED) is 0.0873. The fourth-order valence-electron chi connectivity index (χ4n) is 3.97. The van der Waals surface area contributed by atoms with Gasteiger partial charge in [0.25, 0.3) is 21.6 Å². The molecule has 1 atom stereocenters. The van der Waals surface area contributed by atoms with E-state index in [9.17, 15) is 32.9 Å². The Labute approximate surface area is 254 Å². The summed E-state index contributed by atoms with van der Waals surface area (Å²) in [6.07, 6.45) is 0.423. The van der Waals surface area contributed by atoms with Gasteiger partial charge in [0.1, 0.15) is 11.7 Å². The zero-order chi connectivity index (χ0) is 31.6. The predicted molar refractivity (Wildman–Crippen MR) is 166 cm³/mol. The van der Waals surface area contributed by atoms with Gasteiger partial charge in [0, 0.05) is 41.4 Å². The van der Waals surface area contributed by atoms with Crippen LogP contribution in [0.3, 0.4) is 0 Å². The van der Waals surface area contributed by atoms with E-state index in [2.05, 4.69) is 16.0 Å². The second-order valence-corrected chi connectivity index (χ2v) is 12.8. The molecule has 0 aliphatic heterocycles. The average molecular weight is 628 g/mol. The van der Waals surface area contributed by atoms with E-state index < -0.39 is 43.4 Å². The molecule has 0 spiro atoms. The minimum atomic E-state index is -4.45. The summed E-state index contributed by atoms with van der Waals surface area (Å²) in [7, 11) is -4.45. The third-order valence-electron chi connectivity index (χ3n) is 5.95. The Kier molecular flexibility index (Phi) is 11.7. The van der Waals surface area contributed by atoms with Crippen molar-refractivity contribution in [2.24, 2.45) is 5.92 Å². The van der Waals surface area contributed by atoms with E-state index in [-0.39, 0.29) is 23.1 Å². The molecule has 0 bridgehead atoms. The van der Waals surface area contributed by atoms with Gasteiger partial charge in [-0.05, 0) is 60.9 Å². The van der Waals surface area contributed by atoms with Crippen LogP contribution in [-0.4, -0.2) is 49.4 Å². The Balaban J connectivity index is 1.64. The van der Waals surface area contributed by atoms with Crippen molar-refractivity contribution in [1.29, 1.82) is 0 Å². The number of hydrogen-bond acceptors (Lipinski definition) is 9. The first kappa shape index (κ1) is 33.1. The molecule has 0 radical (unpaired) electrons. The van der Waals surface area contributed by atoms with Crippen molar-refractivity contribution >= 4 is 56.6 Å². The Morgan fingerprint density at radius 1 is 0.977 bits per heavy atom. The summed E-state index contributed by atoms with van der Waals surface area (Å²) in [5.74, 6) is -0.973. The smallest absolute Gasteiger partial charge is 0.293 e. The van der Waals surface area contributed by atoms with E-state index in [1.54, 1.807) is 11.8 Å². The van der Waals surface area contributed by atoms with Crippen molar-refractivity contribution in [3.8, 4) is 0 Å². The molecule has 3 rings (SSSR count). The van der Waals surface area contributed by atoms with Crippen LogP contribution in [0.2, 0.25) is 0 Å². The first-order chi connectivity index (χ1) is 20.4. The van der Waals surface area contributed by atoms with Crippen LogP contribution in [0, 0.1) is 16.0 Å². The second kappa shape index (κ2) is 15.2. The normalized spacial score (nSPS) is 11.8. The first-order valence-electron chi connectivity index (χ1n) is 13.3. The monoisotopic (exact) mass is 627 g/mol. The molecule has 3 aromatic rings. The molecule has 0 aliphatic rings. The van der Waals surface area contributed by atoms with E-state index in [1.807, 2.05) is 48.9 Å². The first-order valence-corrected chi connectivity index (χ1v) is 15.8. The number of carbonyl (C=O) groups excluding carboxylic acids is 3. The van der Waals surface area contributed by atoms with Gasteiger partial charge in [-0.1, -0.05) is 32.0 Å². The summed E-state index contributed by atoms with van der Waals surface area (Å²) in [6, 6.07) is 17.7. The predicted octanol–water partition coefficient (Wildman–Crippen LogP) is 4.41. The summed E-state index contributed by atoms with van der Waals surface area (Å²) < 4.78 is 27.7. The molecule has 0 heterocycles. The molecule has 4 N–H and O–H groups in total. The van der Waals surface area contributed by atoms with E-state index >= 15 is 0 Å². The molecule has 43 heavy (non-hydrogen) atoms. The Bertz CT molecular complexity index is 1560. The average Bonchev–Trinajstić information content (AvgIpc) is 2.95. The second-order valence-electron chi connectivity index (χ2n) is 9.91. The number of thioether (sulfide) groups is 1. The van der Waals surface area contributed by atoms with Crippen molar-refractivity contribution in [1.82, 2.24) is 10.0 Å². The van der Waals surface area contributed by atoms with Crippen LogP contribution in [0.4, 0.5) is 17.1 Å². The van der Waals surface area contributed by atoms with Gasteiger partial charge in [0.15, 0.2) is 0 Å². The number of sulfonamides is 1. The number of nitrogens with zero attached hydrogens (tertiary/aromatic N) is 1. The molecule has 228 valence electrons. The lowest BCUT2D eigenvalue weighted by molar-refractivity contribution is -0.384. The maximum Gasteiger partial charge on any atom is 0.293 e. The Morgan fingerprint density at radius 3 is 2.26 bits per heavy atom. The SMILES string of the molecule is CC(=O)N[C@@H](CC(C)C)C(=O)Nc1ccc(C(=O)NS(=O)(=O)c2ccc(NCCSc3ccccc3)c([N+](=O)[O-])c2)cc1. The largest absolute Gasteiger partial charge is 0.379 e. The standard InChI is InChI=1S/C29H33N5O7S2/c1-19(2)17-26(31-20(3)35)29(37)32-22-11-9-21(10-12-22)28(36)33-43(40,41)24-13-14-25(27(18-24)34(38)39)30-15-16-42-23-7-5-4-6-8-23/h4-14,18-19,26,30H,15-17H2,1-3H3,(H,31,35)(H,32,37)(H,33,36)/t26-/m0/s1. The van der Waals surface area contributed by atoms with Crippen molar-refractivity contribution in [3.63, 3.8) is 0 Å². The van der Waals surface area contributed by atoms with Crippen LogP contribution in [0.5, 0.6) is 0 Å². The van der Waals surface area contributed by atoms with Gasteiger partial charge in [-0.3, -0.25) is 24.5 Å². The molecule has 14 heteroatoms. The molecule has 12 nitrogen and oxygen atoms in total. The van der Waals surface area contributed by atoms with Gasteiger partial charge < -0.3 is 16.0 Å². The fraction of sp³-hybridized carbons (Fsp3) is 0.276. The van der Waals surface area contributed by atoms with Gasteiger partial charge in [-0.15, -0.1) is 11.8 Å². The zero-order valence-electron chi connectivity index (χ0n) is 23.8. The van der Waals surface area contributed by atoms with Gasteiger partial charge in [-0.2, -0.15) is 0 Å². The fourth-order valence-corrected chi connectivity index (χ4v) is 5.76. The molecule has 3 amide bonds. The number of amides is 3. The molecule has 0 saturated carbocycles. The van der Waals surface area contributed by atoms with Crippen molar-refractivity contribution < 1.29 is 27.7 Å². The summed E-state index contributed by atoms with van der Waals surface area (Å²) in [5.41, 5.74) is 0.0149. The van der Waals surface area contributed by atoms with Crippen molar-refractivity contribution in [2.75, 3.05) is 22.9 Å². The minimum absolute atomic E-state index is 0.0223. The number of nitro benzene ring substituents is 1. The third-order valence-corrected chi connectivity index (χ3v) is 8.29. The summed E-state index contributed by atoms with van der Waals surface area (Å²) in [4.78, 5) is 48.4. The number of hydrogen-bond donors (Lipinski definition) is 4. The summed E-state index contributed by atoms with van der Waals surface area (Å²) in [5, 5.41) is 19.9. The topological polar surface area (TPSA) is 177 Å². The van der Waals surface area contributed by atoms with Gasteiger partial charge in [-0.25, -0.2) is 13.1 Å². The number of benzene rings is 3. The molecular formula is C29H33N5O7S2. The summed E-state index contributed by atoms with van der Waals surface area (Å²) in [6.45, 7) is 5.55. The molecule has 0 aliphatic carbocycles. The van der Waals surface area contributed by atoms with Crippen molar-refractivity contribution in [3.05, 3.63) is 88.5 Å². The molecule has 0 fully saturated rings. The van der Waals surface area contributed by atoms with Crippen LogP contribution < -0.4 is 20.7 Å². The van der Waals surface area contributed by atoms with Gasteiger partial charge in [0.2, 0.25) is 11.8 Å². The highest BCUT2D eigenvalue weighted by Crippen LogP contribution is 2.28. The van der Waals surface area contributed by atoms with Crippen LogP contribution in [0.25, 0.3) is 0 Å². The number of anilines is 2. The van der Waals surface area contributed by atoms with E-state index in [0.717, 1.165) is 11.0 Å². The number of carbonyl (C=O) groups is 3. The minimum Gasteiger partial charge on any atom is -0.379 e. The maximum atomic E-state index is 12.9. The number of nitro groups is 1. The van der Waals surface area contributed by atoms with Gasteiger partial charge in [0.05, 0.1) is 9.82 Å². The molecular weight excluding hydrogens is 594 g/mol. The summed E-state index contributed by atoms with van der Waals surface area (Å²) >= 11 is 1.56. The third kappa shape index (κ3) is 10.1. The molecule has 0 unspecified atom stereocenters. The molecule has 0 saturated heterocycles. The van der Waals surface area contributed by atoms with Crippen LogP contribution in [-0.2, 0) is 19.6 Å². The molecule has 3 aromatic carbocycles. The maximum absolute atomic E-state index is 12.9. The highest BCUT2D eigenvalue weighted by atomic mass is 32.2. The number of rotatable bonds is 14. The lowest BCUT2D eigenvalue weighted by Crippen LogP contribution is -2.43. The molecule has 0 aromatic heterocycles. The van der Waals surface area contributed by atoms with E-state index in [0.29, 0.717) is 24.4 Å². The van der Waals surface area contributed by atoms with Crippen LogP contribution >= 0.6 is 11.8 Å². The van der Waals surface area contributed by atoms with E-state index in [4.69, 9.17) is 0 Å². The lowest BCUT2D eigenvalue weighted by Gasteiger charge is -2.19. The highest BCUT2D eigenvalue weighted by Gasteiger charge is 2.24. The Morgan fingerprint density at radius 2 is 1.65 bits per heavy atom. The highest BCUT2D eigenvalue weighted by molar-refractivity contribution is 7.99. The number of nitrogens with one attached hydrogen (secondary N) is 4.